The molecule has 2 aromatic carbocycles. The third-order valence-corrected chi connectivity index (χ3v) is 3.91. The number of esters is 1. The monoisotopic (exact) mass is 447 g/mol. The molecule has 9 heteroatoms. The Morgan fingerprint density at radius 3 is 2.46 bits per heavy atom. The number of ether oxygens (including phenoxy) is 2. The zero-order chi connectivity index (χ0) is 20.5. The van der Waals surface area contributed by atoms with Crippen molar-refractivity contribution in [3.63, 3.8) is 0 Å². The Balaban J connectivity index is 1.93. The fourth-order valence-electron chi connectivity index (χ4n) is 2.11. The third-order valence-electron chi connectivity index (χ3n) is 3.42. The molecule has 0 aromatic heterocycles. The van der Waals surface area contributed by atoms with E-state index >= 15 is 0 Å². The molecule has 0 radical (unpaired) electrons. The van der Waals surface area contributed by atoms with E-state index in [0.29, 0.717) is 22.6 Å². The van der Waals surface area contributed by atoms with Gasteiger partial charge in [0, 0.05) is 15.7 Å². The fourth-order valence-corrected chi connectivity index (χ4v) is 2.49. The molecule has 0 saturated heterocycles. The standard InChI is InChI=1S/C19H18BrN3O5/c1-3-28-19(26)12-4-7-15(8-5-12)22-17(24)18(25)23-21-11-13-10-14(20)6-9-16(13)27-2/h4-11H,3H2,1-2H3,(H,22,24)(H,23,25)/b21-11-. The summed E-state index contributed by atoms with van der Waals surface area (Å²) in [5, 5.41) is 6.18. The molecule has 8 nitrogen and oxygen atoms in total. The summed E-state index contributed by atoms with van der Waals surface area (Å²) < 4.78 is 10.9. The van der Waals surface area contributed by atoms with Crippen LogP contribution in [0.3, 0.4) is 0 Å². The summed E-state index contributed by atoms with van der Waals surface area (Å²) >= 11 is 3.33. The SMILES string of the molecule is CCOC(=O)c1ccc(NC(=O)C(=O)N/N=C\c2cc(Br)ccc2OC)cc1. The van der Waals surface area contributed by atoms with Crippen molar-refractivity contribution in [1.82, 2.24) is 5.43 Å². The molecule has 0 saturated carbocycles. The minimum atomic E-state index is -0.945. The van der Waals surface area contributed by atoms with Crippen molar-refractivity contribution in [2.24, 2.45) is 5.10 Å². The Hall–Kier alpha value is -3.20. The molecule has 0 aliphatic rings. The third kappa shape index (κ3) is 5.92. The van der Waals surface area contributed by atoms with Crippen molar-refractivity contribution >= 4 is 45.6 Å². The molecule has 0 fully saturated rings. The molecule has 0 bridgehead atoms. The lowest BCUT2D eigenvalue weighted by atomic mass is 10.2. The minimum Gasteiger partial charge on any atom is -0.496 e. The number of benzene rings is 2. The molecule has 0 aliphatic heterocycles. The van der Waals surface area contributed by atoms with Crippen LogP contribution in [0.25, 0.3) is 0 Å². The Kier molecular flexibility index (Phi) is 7.70. The van der Waals surface area contributed by atoms with Gasteiger partial charge >= 0.3 is 17.8 Å². The van der Waals surface area contributed by atoms with Crippen molar-refractivity contribution in [2.75, 3.05) is 19.0 Å². The summed E-state index contributed by atoms with van der Waals surface area (Å²) in [4.78, 5) is 35.4. The molecule has 0 unspecified atom stereocenters. The summed E-state index contributed by atoms with van der Waals surface area (Å²) in [6, 6.07) is 11.3. The smallest absolute Gasteiger partial charge is 0.338 e. The van der Waals surface area contributed by atoms with Gasteiger partial charge in [-0.3, -0.25) is 9.59 Å². The Morgan fingerprint density at radius 1 is 1.11 bits per heavy atom. The van der Waals surface area contributed by atoms with Gasteiger partial charge in [0.15, 0.2) is 0 Å². The van der Waals surface area contributed by atoms with Gasteiger partial charge in [0.05, 0.1) is 25.5 Å². The van der Waals surface area contributed by atoms with Gasteiger partial charge in [-0.25, -0.2) is 10.2 Å². The van der Waals surface area contributed by atoms with Crippen LogP contribution >= 0.6 is 15.9 Å². The largest absolute Gasteiger partial charge is 0.496 e. The number of amides is 2. The normalized spacial score (nSPS) is 10.4. The topological polar surface area (TPSA) is 106 Å². The van der Waals surface area contributed by atoms with E-state index in [0.717, 1.165) is 4.47 Å². The van der Waals surface area contributed by atoms with E-state index in [2.05, 4.69) is 31.8 Å². The Bertz CT molecular complexity index is 897. The second-order valence-electron chi connectivity index (χ2n) is 5.34. The van der Waals surface area contributed by atoms with Crippen molar-refractivity contribution < 1.29 is 23.9 Å². The van der Waals surface area contributed by atoms with Crippen LogP contribution in [0.15, 0.2) is 52.0 Å². The lowest BCUT2D eigenvalue weighted by molar-refractivity contribution is -0.136. The number of nitrogens with one attached hydrogen (secondary N) is 2. The van der Waals surface area contributed by atoms with Gasteiger partial charge < -0.3 is 14.8 Å². The number of rotatable bonds is 6. The second-order valence-corrected chi connectivity index (χ2v) is 6.25. The molecule has 0 spiro atoms. The number of anilines is 1. The van der Waals surface area contributed by atoms with Gasteiger partial charge in [-0.1, -0.05) is 15.9 Å². The van der Waals surface area contributed by atoms with E-state index < -0.39 is 17.8 Å². The van der Waals surface area contributed by atoms with Gasteiger partial charge in [0.2, 0.25) is 0 Å². The van der Waals surface area contributed by atoms with Crippen molar-refractivity contribution in [1.29, 1.82) is 0 Å². The molecule has 2 amide bonds. The van der Waals surface area contributed by atoms with Crippen LogP contribution in [-0.2, 0) is 14.3 Å². The van der Waals surface area contributed by atoms with Crippen LogP contribution in [0.1, 0.15) is 22.8 Å². The number of carbonyl (C=O) groups excluding carboxylic acids is 3. The van der Waals surface area contributed by atoms with E-state index in [1.165, 1.54) is 37.6 Å². The van der Waals surface area contributed by atoms with E-state index in [-0.39, 0.29) is 6.61 Å². The van der Waals surface area contributed by atoms with Crippen molar-refractivity contribution in [2.45, 2.75) is 6.92 Å². The highest BCUT2D eigenvalue weighted by molar-refractivity contribution is 9.10. The first kappa shape index (κ1) is 21.1. The highest BCUT2D eigenvalue weighted by atomic mass is 79.9. The minimum absolute atomic E-state index is 0.268. The number of hydrogen-bond acceptors (Lipinski definition) is 6. The summed E-state index contributed by atoms with van der Waals surface area (Å²) in [7, 11) is 1.51. The summed E-state index contributed by atoms with van der Waals surface area (Å²) in [5.74, 6) is -1.75. The number of carbonyl (C=O) groups is 3. The maximum atomic E-state index is 11.9. The molecular weight excluding hydrogens is 430 g/mol. The molecule has 0 atom stereocenters. The lowest BCUT2D eigenvalue weighted by Gasteiger charge is -2.06. The molecule has 2 rings (SSSR count). The molecular formula is C19H18BrN3O5. The quantitative estimate of drug-likeness (QED) is 0.306. The van der Waals surface area contributed by atoms with Crippen LogP contribution in [0.5, 0.6) is 5.75 Å². The van der Waals surface area contributed by atoms with Gasteiger partial charge in [0.1, 0.15) is 5.75 Å². The molecule has 0 aliphatic carbocycles. The average Bonchev–Trinajstić information content (AvgIpc) is 2.68. The van der Waals surface area contributed by atoms with Crippen LogP contribution in [-0.4, -0.2) is 37.7 Å². The number of nitrogens with zero attached hydrogens (tertiary/aromatic N) is 1. The second kappa shape index (κ2) is 10.2. The predicted molar refractivity (Wildman–Crippen MR) is 107 cm³/mol. The fraction of sp³-hybridized carbons (Fsp3) is 0.158. The van der Waals surface area contributed by atoms with Crippen LogP contribution in [0.2, 0.25) is 0 Å². The average molecular weight is 448 g/mol. The van der Waals surface area contributed by atoms with Gasteiger partial charge in [-0.05, 0) is 49.4 Å². The number of halogens is 1. The highest BCUT2D eigenvalue weighted by Crippen LogP contribution is 2.21. The molecule has 2 N–H and O–H groups in total. The van der Waals surface area contributed by atoms with E-state index in [1.54, 1.807) is 25.1 Å². The van der Waals surface area contributed by atoms with Gasteiger partial charge in [-0.2, -0.15) is 5.10 Å². The Morgan fingerprint density at radius 2 is 1.82 bits per heavy atom. The molecule has 2 aromatic rings. The molecule has 0 heterocycles. The first-order valence-electron chi connectivity index (χ1n) is 8.19. The highest BCUT2D eigenvalue weighted by Gasteiger charge is 2.13. The summed E-state index contributed by atoms with van der Waals surface area (Å²) in [5.41, 5.74) is 3.46. The summed E-state index contributed by atoms with van der Waals surface area (Å²) in [6.07, 6.45) is 1.36. The van der Waals surface area contributed by atoms with Crippen molar-refractivity contribution in [3.8, 4) is 5.75 Å². The zero-order valence-corrected chi connectivity index (χ0v) is 16.8. The van der Waals surface area contributed by atoms with Gasteiger partial charge in [0.25, 0.3) is 0 Å². The number of methoxy groups -OCH3 is 1. The first-order chi connectivity index (χ1) is 13.4. The van der Waals surface area contributed by atoms with E-state index in [4.69, 9.17) is 9.47 Å². The number of hydrogen-bond donors (Lipinski definition) is 2. The van der Waals surface area contributed by atoms with E-state index in [9.17, 15) is 14.4 Å². The zero-order valence-electron chi connectivity index (χ0n) is 15.2. The maximum absolute atomic E-state index is 11.9. The maximum Gasteiger partial charge on any atom is 0.338 e. The first-order valence-corrected chi connectivity index (χ1v) is 8.99. The van der Waals surface area contributed by atoms with Crippen LogP contribution < -0.4 is 15.5 Å². The Labute approximate surface area is 170 Å². The summed E-state index contributed by atoms with van der Waals surface area (Å²) in [6.45, 7) is 1.98. The predicted octanol–water partition coefficient (Wildman–Crippen LogP) is 2.72. The van der Waals surface area contributed by atoms with Crippen LogP contribution in [0, 0.1) is 0 Å². The lowest BCUT2D eigenvalue weighted by Crippen LogP contribution is -2.32. The number of hydrazone groups is 1. The molecule has 28 heavy (non-hydrogen) atoms. The van der Waals surface area contributed by atoms with E-state index in [1.807, 2.05) is 0 Å². The van der Waals surface area contributed by atoms with Crippen LogP contribution in [0.4, 0.5) is 5.69 Å². The molecule has 146 valence electrons. The van der Waals surface area contributed by atoms with Crippen molar-refractivity contribution in [3.05, 3.63) is 58.1 Å². The van der Waals surface area contributed by atoms with Gasteiger partial charge in [-0.15, -0.1) is 0 Å².